The number of rotatable bonds is 9. The first-order valence-electron chi connectivity index (χ1n) is 5.06. The van der Waals surface area contributed by atoms with Crippen LogP contribution in [0.1, 0.15) is 25.7 Å². The summed E-state index contributed by atoms with van der Waals surface area (Å²) in [7, 11) is 0. The molecule has 0 aliphatic carbocycles. The molecule has 16 heavy (non-hydrogen) atoms. The summed E-state index contributed by atoms with van der Waals surface area (Å²) in [6.45, 7) is -0.102. The molecule has 0 bridgehead atoms. The molecule has 0 fully saturated rings. The van der Waals surface area contributed by atoms with Crippen LogP contribution in [0.15, 0.2) is 9.98 Å². The number of alkyl halides is 2. The normalized spacial score (nSPS) is 13.4. The van der Waals surface area contributed by atoms with Gasteiger partial charge in [-0.15, -0.1) is 0 Å². The highest BCUT2D eigenvalue weighted by atomic mass is 19.1. The molecule has 0 N–H and O–H groups in total. The highest BCUT2D eigenvalue weighted by molar-refractivity contribution is 5.33. The van der Waals surface area contributed by atoms with Crippen molar-refractivity contribution in [1.82, 2.24) is 0 Å². The molecule has 0 rings (SSSR count). The van der Waals surface area contributed by atoms with Crippen molar-refractivity contribution in [3.63, 3.8) is 0 Å². The summed E-state index contributed by atoms with van der Waals surface area (Å²) in [5.74, 6) is 0. The molecule has 0 aliphatic rings. The molecule has 0 spiro atoms. The average molecular weight is 232 g/mol. The van der Waals surface area contributed by atoms with Crippen molar-refractivity contribution in [1.29, 1.82) is 0 Å². The molecule has 0 saturated carbocycles. The molecular formula is C10H14F2N2O2. The Kier molecular flexibility index (Phi) is 9.27. The van der Waals surface area contributed by atoms with E-state index in [0.29, 0.717) is 6.42 Å². The molecule has 4 nitrogen and oxygen atoms in total. The number of halogens is 2. The maximum absolute atomic E-state index is 13.0. The van der Waals surface area contributed by atoms with Crippen LogP contribution in [0, 0.1) is 0 Å². The summed E-state index contributed by atoms with van der Waals surface area (Å²) in [5, 5.41) is 0. The molecule has 0 aromatic rings. The Labute approximate surface area is 92.5 Å². The molecule has 0 radical (unpaired) electrons. The van der Waals surface area contributed by atoms with E-state index in [0.717, 1.165) is 0 Å². The number of hydrogen-bond acceptors (Lipinski definition) is 4. The van der Waals surface area contributed by atoms with Crippen LogP contribution in [-0.4, -0.2) is 37.6 Å². The topological polar surface area (TPSA) is 58.9 Å². The van der Waals surface area contributed by atoms with Gasteiger partial charge in [0.2, 0.25) is 12.2 Å². The van der Waals surface area contributed by atoms with Gasteiger partial charge in [0.15, 0.2) is 0 Å². The third-order valence-corrected chi connectivity index (χ3v) is 2.01. The van der Waals surface area contributed by atoms with Gasteiger partial charge in [-0.1, -0.05) is 0 Å². The molecule has 6 heteroatoms. The lowest BCUT2D eigenvalue weighted by Gasteiger charge is -2.07. The van der Waals surface area contributed by atoms with Gasteiger partial charge in [0.25, 0.3) is 0 Å². The van der Waals surface area contributed by atoms with Crippen molar-refractivity contribution in [2.75, 3.05) is 13.1 Å². The predicted octanol–water partition coefficient (Wildman–Crippen LogP) is 1.89. The van der Waals surface area contributed by atoms with Crippen molar-refractivity contribution in [3.05, 3.63) is 0 Å². The van der Waals surface area contributed by atoms with Gasteiger partial charge >= 0.3 is 0 Å². The Bertz CT molecular complexity index is 274. The highest BCUT2D eigenvalue weighted by Crippen LogP contribution is 2.12. The Morgan fingerprint density at radius 2 is 1.56 bits per heavy atom. The largest absolute Gasteiger partial charge is 0.247 e. The first kappa shape index (κ1) is 14.6. The van der Waals surface area contributed by atoms with Crippen LogP contribution in [0.5, 0.6) is 0 Å². The molecule has 90 valence electrons. The third-order valence-electron chi connectivity index (χ3n) is 2.01. The van der Waals surface area contributed by atoms with E-state index in [1.54, 1.807) is 0 Å². The average Bonchev–Trinajstić information content (AvgIpc) is 2.26. The smallest absolute Gasteiger partial charge is 0.235 e. The molecular weight excluding hydrogens is 218 g/mol. The van der Waals surface area contributed by atoms with E-state index in [9.17, 15) is 18.4 Å². The van der Waals surface area contributed by atoms with Gasteiger partial charge in [-0.2, -0.15) is 0 Å². The summed E-state index contributed by atoms with van der Waals surface area (Å²) in [4.78, 5) is 25.7. The lowest BCUT2D eigenvalue weighted by Crippen LogP contribution is -2.07. The summed E-state index contributed by atoms with van der Waals surface area (Å²) in [6.07, 6.45) is 1.18. The second-order valence-corrected chi connectivity index (χ2v) is 3.32. The Hall–Kier alpha value is -1.38. The summed E-state index contributed by atoms with van der Waals surface area (Å²) < 4.78 is 25.9. The zero-order chi connectivity index (χ0) is 12.2. The first-order chi connectivity index (χ1) is 7.70. The third kappa shape index (κ3) is 9.19. The van der Waals surface area contributed by atoms with Gasteiger partial charge < -0.3 is 0 Å². The molecule has 2 atom stereocenters. The maximum Gasteiger partial charge on any atom is 0.235 e. The molecule has 0 aromatic heterocycles. The van der Waals surface area contributed by atoms with Gasteiger partial charge in [0.05, 0.1) is 13.1 Å². The second-order valence-electron chi connectivity index (χ2n) is 3.32. The number of hydrogen-bond donors (Lipinski definition) is 0. The van der Waals surface area contributed by atoms with Gasteiger partial charge in [0, 0.05) is 0 Å². The van der Waals surface area contributed by atoms with Crippen molar-refractivity contribution >= 4 is 12.2 Å². The Balaban J connectivity index is 3.48. The molecule has 2 unspecified atom stereocenters. The highest BCUT2D eigenvalue weighted by Gasteiger charge is 2.09. The van der Waals surface area contributed by atoms with Crippen LogP contribution in [0.4, 0.5) is 8.78 Å². The SMILES string of the molecule is O=C=NCCC(F)CCCC(F)CN=C=O. The summed E-state index contributed by atoms with van der Waals surface area (Å²) in [5.41, 5.74) is 0. The second kappa shape index (κ2) is 10.1. The Morgan fingerprint density at radius 3 is 2.19 bits per heavy atom. The monoisotopic (exact) mass is 232 g/mol. The van der Waals surface area contributed by atoms with Gasteiger partial charge in [-0.3, -0.25) is 0 Å². The predicted molar refractivity (Wildman–Crippen MR) is 54.2 cm³/mol. The Morgan fingerprint density at radius 1 is 0.938 bits per heavy atom. The number of isocyanates is 2. The molecule has 0 saturated heterocycles. The van der Waals surface area contributed by atoms with Crippen molar-refractivity contribution in [3.8, 4) is 0 Å². The minimum Gasteiger partial charge on any atom is -0.247 e. The van der Waals surface area contributed by atoms with Crippen LogP contribution in [-0.2, 0) is 9.59 Å². The first-order valence-corrected chi connectivity index (χ1v) is 5.06. The van der Waals surface area contributed by atoms with E-state index in [2.05, 4.69) is 9.98 Å². The fourth-order valence-corrected chi connectivity index (χ4v) is 1.18. The maximum atomic E-state index is 13.0. The van der Waals surface area contributed by atoms with Crippen molar-refractivity contribution < 1.29 is 18.4 Å². The summed E-state index contributed by atoms with van der Waals surface area (Å²) in [6, 6.07) is 0. The van der Waals surface area contributed by atoms with Crippen LogP contribution in [0.25, 0.3) is 0 Å². The van der Waals surface area contributed by atoms with Crippen molar-refractivity contribution in [2.24, 2.45) is 9.98 Å². The van der Waals surface area contributed by atoms with Crippen LogP contribution < -0.4 is 0 Å². The van der Waals surface area contributed by atoms with Gasteiger partial charge in [-0.05, 0) is 25.7 Å². The number of aliphatic imine (C=N–C) groups is 2. The van der Waals surface area contributed by atoms with E-state index in [1.807, 2.05) is 0 Å². The molecule has 0 amide bonds. The lowest BCUT2D eigenvalue weighted by molar-refractivity contribution is 0.264. The van der Waals surface area contributed by atoms with Gasteiger partial charge in [-0.25, -0.2) is 28.4 Å². The van der Waals surface area contributed by atoms with Crippen LogP contribution >= 0.6 is 0 Å². The van der Waals surface area contributed by atoms with E-state index in [4.69, 9.17) is 0 Å². The van der Waals surface area contributed by atoms with E-state index in [-0.39, 0.29) is 32.4 Å². The minimum atomic E-state index is -1.22. The minimum absolute atomic E-state index is 0.110. The zero-order valence-corrected chi connectivity index (χ0v) is 8.86. The summed E-state index contributed by atoms with van der Waals surface area (Å²) >= 11 is 0. The van der Waals surface area contributed by atoms with E-state index in [1.165, 1.54) is 12.2 Å². The molecule has 0 aromatic carbocycles. The molecule has 0 heterocycles. The lowest BCUT2D eigenvalue weighted by atomic mass is 10.1. The molecule has 0 aliphatic heterocycles. The van der Waals surface area contributed by atoms with Crippen LogP contribution in [0.3, 0.4) is 0 Å². The fraction of sp³-hybridized carbons (Fsp3) is 0.800. The standard InChI is InChI=1S/C10H14F2N2O2/c11-9(4-5-13-7-15)2-1-3-10(12)6-14-8-16/h9-10H,1-6H2. The van der Waals surface area contributed by atoms with E-state index < -0.39 is 12.3 Å². The zero-order valence-electron chi connectivity index (χ0n) is 8.86. The van der Waals surface area contributed by atoms with Gasteiger partial charge in [0.1, 0.15) is 12.3 Å². The van der Waals surface area contributed by atoms with Crippen molar-refractivity contribution in [2.45, 2.75) is 38.0 Å². The quantitative estimate of drug-likeness (QED) is 0.450. The van der Waals surface area contributed by atoms with Crippen LogP contribution in [0.2, 0.25) is 0 Å². The number of nitrogens with zero attached hydrogens (tertiary/aromatic N) is 2. The fourth-order valence-electron chi connectivity index (χ4n) is 1.18. The number of carbonyl (C=O) groups excluding carboxylic acids is 2. The van der Waals surface area contributed by atoms with E-state index >= 15 is 0 Å².